The molecule has 6 atom stereocenters. The zero-order valence-corrected chi connectivity index (χ0v) is 16.3. The van der Waals surface area contributed by atoms with Crippen molar-refractivity contribution in [3.8, 4) is 0 Å². The van der Waals surface area contributed by atoms with Crippen LogP contribution in [0.1, 0.15) is 47.4 Å². The van der Waals surface area contributed by atoms with E-state index in [-0.39, 0.29) is 23.8 Å². The fourth-order valence-electron chi connectivity index (χ4n) is 4.95. The third-order valence-electron chi connectivity index (χ3n) is 6.69. The Labute approximate surface area is 165 Å². The minimum atomic E-state index is -0.398. The van der Waals surface area contributed by atoms with E-state index in [4.69, 9.17) is 9.47 Å². The number of ether oxygens (including phenoxy) is 2. The lowest BCUT2D eigenvalue weighted by Crippen LogP contribution is -2.58. The molecule has 4 heteroatoms. The summed E-state index contributed by atoms with van der Waals surface area (Å²) in [5, 5.41) is 0. The summed E-state index contributed by atoms with van der Waals surface area (Å²) >= 11 is 0. The molecule has 0 saturated heterocycles. The number of fused-ring (bicyclic) bond motifs is 3. The quantitative estimate of drug-likeness (QED) is 0.721. The molecule has 3 aliphatic carbocycles. The highest BCUT2D eigenvalue weighted by Crippen LogP contribution is 2.51. The molecule has 0 aromatic heterocycles. The number of hydrogen-bond acceptors (Lipinski definition) is 4. The van der Waals surface area contributed by atoms with Crippen LogP contribution in [0.2, 0.25) is 0 Å². The highest BCUT2D eigenvalue weighted by molar-refractivity contribution is 5.90. The van der Waals surface area contributed by atoms with Gasteiger partial charge in [-0.15, -0.1) is 0 Å². The van der Waals surface area contributed by atoms with E-state index in [1.54, 1.807) is 24.3 Å². The van der Waals surface area contributed by atoms with Gasteiger partial charge in [0.2, 0.25) is 0 Å². The first-order valence-electron chi connectivity index (χ1n) is 10.1. The molecule has 0 aliphatic heterocycles. The van der Waals surface area contributed by atoms with Crippen molar-refractivity contribution in [2.24, 2.45) is 23.7 Å². The van der Waals surface area contributed by atoms with E-state index in [0.29, 0.717) is 23.0 Å². The summed E-state index contributed by atoms with van der Waals surface area (Å²) < 4.78 is 11.9. The van der Waals surface area contributed by atoms with Crippen molar-refractivity contribution in [3.63, 3.8) is 0 Å². The van der Waals surface area contributed by atoms with Crippen molar-refractivity contribution >= 4 is 11.9 Å². The fraction of sp³-hybridized carbons (Fsp3) is 0.417. The van der Waals surface area contributed by atoms with Gasteiger partial charge in [0.1, 0.15) is 12.2 Å². The summed E-state index contributed by atoms with van der Waals surface area (Å²) in [5.41, 5.74) is 1.05. The molecule has 5 rings (SSSR count). The molecule has 3 saturated carbocycles. The summed E-state index contributed by atoms with van der Waals surface area (Å²) in [5.74, 6) is 0.581. The van der Waals surface area contributed by atoms with E-state index >= 15 is 0 Å². The first-order chi connectivity index (χ1) is 13.6. The van der Waals surface area contributed by atoms with E-state index in [9.17, 15) is 9.59 Å². The van der Waals surface area contributed by atoms with Crippen molar-refractivity contribution < 1.29 is 19.1 Å². The topological polar surface area (TPSA) is 52.6 Å². The number of benzene rings is 2. The summed E-state index contributed by atoms with van der Waals surface area (Å²) in [6.45, 7) is 4.44. The molecule has 4 nitrogen and oxygen atoms in total. The van der Waals surface area contributed by atoms with Crippen molar-refractivity contribution in [3.05, 3.63) is 71.8 Å². The van der Waals surface area contributed by atoms with E-state index in [0.717, 1.165) is 12.8 Å². The standard InChI is InChI=1S/C24H26O4/c1-15-16(2)20-14-13-19(15)21(27-23(25)17-9-5-3-6-10-17)22(20)28-24(26)18-11-7-4-8-12-18/h3-12,15-16,19-22H,13-14H2,1-2H3. The lowest BCUT2D eigenvalue weighted by Gasteiger charge is -2.53. The Kier molecular flexibility index (Phi) is 5.21. The maximum Gasteiger partial charge on any atom is 0.338 e. The van der Waals surface area contributed by atoms with Gasteiger partial charge in [-0.25, -0.2) is 9.59 Å². The van der Waals surface area contributed by atoms with Crippen LogP contribution in [0.4, 0.5) is 0 Å². The first kappa shape index (κ1) is 18.7. The molecule has 3 fully saturated rings. The van der Waals surface area contributed by atoms with E-state index in [1.807, 2.05) is 36.4 Å². The summed E-state index contributed by atoms with van der Waals surface area (Å²) in [7, 11) is 0. The van der Waals surface area contributed by atoms with Crippen molar-refractivity contribution in [2.45, 2.75) is 38.9 Å². The molecule has 3 aliphatic rings. The van der Waals surface area contributed by atoms with Crippen LogP contribution < -0.4 is 0 Å². The van der Waals surface area contributed by atoms with Gasteiger partial charge in [0.25, 0.3) is 0 Å². The average Bonchev–Trinajstić information content (AvgIpc) is 2.74. The number of carbonyl (C=O) groups is 2. The molecule has 2 aromatic rings. The van der Waals surface area contributed by atoms with Gasteiger partial charge < -0.3 is 9.47 Å². The van der Waals surface area contributed by atoms with Crippen LogP contribution in [0.3, 0.4) is 0 Å². The SMILES string of the molecule is CC1C(C)C2CCC1C(OC(=O)c1ccccc1)C2OC(=O)c1ccccc1. The van der Waals surface area contributed by atoms with E-state index in [1.165, 1.54) is 0 Å². The third kappa shape index (κ3) is 3.44. The van der Waals surface area contributed by atoms with Crippen LogP contribution in [-0.2, 0) is 9.47 Å². The Balaban J connectivity index is 1.58. The molecule has 0 spiro atoms. The molecule has 0 N–H and O–H groups in total. The summed E-state index contributed by atoms with van der Waals surface area (Å²) in [6.07, 6.45) is 1.21. The monoisotopic (exact) mass is 378 g/mol. The molecular weight excluding hydrogens is 352 g/mol. The largest absolute Gasteiger partial charge is 0.455 e. The predicted molar refractivity (Wildman–Crippen MR) is 106 cm³/mol. The zero-order chi connectivity index (χ0) is 19.7. The summed E-state index contributed by atoms with van der Waals surface area (Å²) in [4.78, 5) is 25.4. The number of carbonyl (C=O) groups excluding carboxylic acids is 2. The molecule has 0 radical (unpaired) electrons. The second-order valence-corrected chi connectivity index (χ2v) is 8.10. The molecule has 6 unspecified atom stereocenters. The molecule has 2 bridgehead atoms. The van der Waals surface area contributed by atoms with Crippen molar-refractivity contribution in [1.82, 2.24) is 0 Å². The third-order valence-corrected chi connectivity index (χ3v) is 6.69. The van der Waals surface area contributed by atoms with E-state index < -0.39 is 12.2 Å². The zero-order valence-electron chi connectivity index (χ0n) is 16.3. The van der Waals surface area contributed by atoms with Crippen molar-refractivity contribution in [2.75, 3.05) is 0 Å². The molecule has 146 valence electrons. The molecule has 28 heavy (non-hydrogen) atoms. The van der Waals surface area contributed by atoms with Gasteiger partial charge in [-0.05, 0) is 48.9 Å². The minimum absolute atomic E-state index is 0.209. The normalized spacial score (nSPS) is 31.2. The Bertz CT molecular complexity index is 761. The minimum Gasteiger partial charge on any atom is -0.455 e. The Morgan fingerprint density at radius 3 is 1.39 bits per heavy atom. The maximum absolute atomic E-state index is 12.7. The number of rotatable bonds is 4. The Hall–Kier alpha value is -2.62. The molecule has 0 amide bonds. The molecule has 0 heterocycles. The smallest absolute Gasteiger partial charge is 0.338 e. The second kappa shape index (κ2) is 7.78. The summed E-state index contributed by atoms with van der Waals surface area (Å²) in [6, 6.07) is 18.0. The van der Waals surface area contributed by atoms with Gasteiger partial charge in [-0.1, -0.05) is 50.2 Å². The Morgan fingerprint density at radius 1 is 0.679 bits per heavy atom. The highest BCUT2D eigenvalue weighted by Gasteiger charge is 2.54. The number of hydrogen-bond donors (Lipinski definition) is 0. The predicted octanol–water partition coefficient (Wildman–Crippen LogP) is 4.75. The van der Waals surface area contributed by atoms with Gasteiger partial charge in [0.05, 0.1) is 11.1 Å². The first-order valence-corrected chi connectivity index (χ1v) is 10.1. The number of esters is 2. The Morgan fingerprint density at radius 2 is 1.04 bits per heavy atom. The van der Waals surface area contributed by atoms with Crippen LogP contribution in [0.5, 0.6) is 0 Å². The van der Waals surface area contributed by atoms with Gasteiger partial charge in [0.15, 0.2) is 0 Å². The molecule has 2 aromatic carbocycles. The van der Waals surface area contributed by atoms with Crippen molar-refractivity contribution in [1.29, 1.82) is 0 Å². The van der Waals surface area contributed by atoms with Gasteiger partial charge >= 0.3 is 11.9 Å². The van der Waals surface area contributed by atoms with Crippen LogP contribution in [0, 0.1) is 23.7 Å². The highest BCUT2D eigenvalue weighted by atomic mass is 16.6. The van der Waals surface area contributed by atoms with Crippen LogP contribution in [0.25, 0.3) is 0 Å². The van der Waals surface area contributed by atoms with Gasteiger partial charge in [-0.3, -0.25) is 0 Å². The lowest BCUT2D eigenvalue weighted by molar-refractivity contribution is -0.159. The van der Waals surface area contributed by atoms with Crippen LogP contribution >= 0.6 is 0 Å². The molecular formula is C24H26O4. The van der Waals surface area contributed by atoms with Crippen LogP contribution in [-0.4, -0.2) is 24.1 Å². The fourth-order valence-corrected chi connectivity index (χ4v) is 4.95. The average molecular weight is 378 g/mol. The maximum atomic E-state index is 12.7. The van der Waals surface area contributed by atoms with Crippen LogP contribution in [0.15, 0.2) is 60.7 Å². The van der Waals surface area contributed by atoms with Gasteiger partial charge in [0, 0.05) is 11.8 Å². The van der Waals surface area contributed by atoms with Gasteiger partial charge in [-0.2, -0.15) is 0 Å². The lowest BCUT2D eigenvalue weighted by atomic mass is 9.57. The second-order valence-electron chi connectivity index (χ2n) is 8.10. The van der Waals surface area contributed by atoms with E-state index in [2.05, 4.69) is 13.8 Å².